The highest BCUT2D eigenvalue weighted by Gasteiger charge is 2.26. The van der Waals surface area contributed by atoms with Crippen LogP contribution in [0.5, 0.6) is 0 Å². The third-order valence-electron chi connectivity index (χ3n) is 7.30. The lowest BCUT2D eigenvalue weighted by molar-refractivity contribution is 0.120. The zero-order chi connectivity index (χ0) is 35.0. The van der Waals surface area contributed by atoms with E-state index in [9.17, 15) is 23.2 Å². The van der Waals surface area contributed by atoms with E-state index in [0.717, 1.165) is 40.2 Å². The number of carbonyl (C=O) groups excluding carboxylic acids is 1. The molecule has 0 unspecified atom stereocenters. The van der Waals surface area contributed by atoms with Crippen LogP contribution >= 0.6 is 11.3 Å². The number of anilines is 1. The molecule has 4 N–H and O–H groups in total. The van der Waals surface area contributed by atoms with E-state index in [1.807, 2.05) is 18.9 Å². The third kappa shape index (κ3) is 8.10. The first-order chi connectivity index (χ1) is 23.0. The standard InChI is InChI=1S/C33H37F2N7O5S/c1-5-38-32(44)39-21-12-10-20(11-13-21)29-23(18-40(3)16-17-47-6-2)28-30(43)42(26(36)14-15-27(37)46-4)33(45)41(31(28)48-29)19-22-24(34)8-7-9-25(22)35/h7-15,36-37H,5-6,16-19H2,1-4H3,(H2,38,39,44)/b15-14-,36-26?,37-27?. The van der Waals surface area contributed by atoms with Crippen molar-refractivity contribution >= 4 is 45.0 Å². The van der Waals surface area contributed by atoms with Crippen molar-refractivity contribution in [1.29, 1.82) is 10.8 Å². The van der Waals surface area contributed by atoms with Gasteiger partial charge in [-0.3, -0.25) is 25.1 Å². The summed E-state index contributed by atoms with van der Waals surface area (Å²) in [6.07, 6.45) is 2.17. The number of aromatic nitrogens is 2. The number of halogens is 2. The van der Waals surface area contributed by atoms with Crippen LogP contribution in [0.4, 0.5) is 19.3 Å². The Kier molecular flexibility index (Phi) is 12.1. The number of hydrogen-bond donors (Lipinski definition) is 4. The predicted molar refractivity (Wildman–Crippen MR) is 184 cm³/mol. The molecule has 0 saturated heterocycles. The van der Waals surface area contributed by atoms with Gasteiger partial charge < -0.3 is 20.1 Å². The molecule has 2 amide bonds. The van der Waals surface area contributed by atoms with Gasteiger partial charge in [0.15, 0.2) is 0 Å². The molecule has 12 nitrogen and oxygen atoms in total. The van der Waals surface area contributed by atoms with Gasteiger partial charge in [0.1, 0.15) is 22.3 Å². The smallest absolute Gasteiger partial charge is 0.338 e. The number of likely N-dealkylation sites (N-methyl/N-ethyl adjacent to an activating group) is 1. The molecule has 48 heavy (non-hydrogen) atoms. The van der Waals surface area contributed by atoms with Crippen LogP contribution in [0.15, 0.2) is 64.2 Å². The second kappa shape index (κ2) is 16.2. The lowest BCUT2D eigenvalue weighted by Gasteiger charge is -2.18. The number of urea groups is 1. The molecule has 2 aromatic heterocycles. The summed E-state index contributed by atoms with van der Waals surface area (Å²) in [5, 5.41) is 21.8. The van der Waals surface area contributed by atoms with Crippen LogP contribution in [-0.2, 0) is 22.6 Å². The van der Waals surface area contributed by atoms with Crippen molar-refractivity contribution in [2.45, 2.75) is 26.9 Å². The Labute approximate surface area is 279 Å². The van der Waals surface area contributed by atoms with Crippen LogP contribution in [0, 0.1) is 22.5 Å². The fraction of sp³-hybridized carbons (Fsp3) is 0.303. The van der Waals surface area contributed by atoms with E-state index >= 15 is 0 Å². The Hall–Kier alpha value is -4.99. The second-order valence-corrected chi connectivity index (χ2v) is 11.6. The Morgan fingerprint density at radius 1 is 1.04 bits per heavy atom. The molecule has 0 aliphatic carbocycles. The van der Waals surface area contributed by atoms with Crippen LogP contribution in [0.25, 0.3) is 20.7 Å². The molecular weight excluding hydrogens is 644 g/mol. The normalized spacial score (nSPS) is 11.4. The van der Waals surface area contributed by atoms with E-state index in [-0.39, 0.29) is 34.3 Å². The molecule has 0 aliphatic rings. The Bertz CT molecular complexity index is 1950. The van der Waals surface area contributed by atoms with Crippen LogP contribution in [0.1, 0.15) is 25.0 Å². The molecule has 0 radical (unpaired) electrons. The fourth-order valence-corrected chi connectivity index (χ4v) is 6.20. The molecular formula is C33H37F2N7O5S. The zero-order valence-corrected chi connectivity index (χ0v) is 27.8. The number of carbonyl (C=O) groups is 1. The number of nitrogens with zero attached hydrogens (tertiary/aromatic N) is 3. The number of hydrogen-bond acceptors (Lipinski definition) is 9. The zero-order valence-electron chi connectivity index (χ0n) is 27.0. The molecule has 0 bridgehead atoms. The second-order valence-electron chi connectivity index (χ2n) is 10.6. The highest BCUT2D eigenvalue weighted by molar-refractivity contribution is 7.22. The molecule has 0 fully saturated rings. The van der Waals surface area contributed by atoms with Crippen molar-refractivity contribution < 1.29 is 23.0 Å². The first-order valence-corrected chi connectivity index (χ1v) is 15.9. The van der Waals surface area contributed by atoms with Gasteiger partial charge in [0.25, 0.3) is 5.56 Å². The average molecular weight is 682 g/mol. The fourth-order valence-electron chi connectivity index (χ4n) is 4.90. The predicted octanol–water partition coefficient (Wildman–Crippen LogP) is 4.83. The Morgan fingerprint density at radius 3 is 2.35 bits per heavy atom. The number of thiophene rings is 1. The molecule has 2 aromatic carbocycles. The lowest BCUT2D eigenvalue weighted by Crippen LogP contribution is -2.43. The quantitative estimate of drug-likeness (QED) is 0.0901. The van der Waals surface area contributed by atoms with Crippen molar-refractivity contribution in [2.75, 3.05) is 45.8 Å². The summed E-state index contributed by atoms with van der Waals surface area (Å²) >= 11 is 1.11. The summed E-state index contributed by atoms with van der Waals surface area (Å²) in [7, 11) is 3.10. The number of allylic oxidation sites excluding steroid dienone is 1. The first-order valence-electron chi connectivity index (χ1n) is 15.1. The molecule has 0 saturated carbocycles. The summed E-state index contributed by atoms with van der Waals surface area (Å²) in [6.45, 7) is 5.24. The highest BCUT2D eigenvalue weighted by Crippen LogP contribution is 2.38. The van der Waals surface area contributed by atoms with E-state index in [2.05, 4.69) is 10.6 Å². The van der Waals surface area contributed by atoms with E-state index in [0.29, 0.717) is 52.6 Å². The van der Waals surface area contributed by atoms with Gasteiger partial charge in [-0.05, 0) is 62.4 Å². The van der Waals surface area contributed by atoms with Gasteiger partial charge in [0.2, 0.25) is 5.90 Å². The summed E-state index contributed by atoms with van der Waals surface area (Å²) in [6, 6.07) is 9.91. The van der Waals surface area contributed by atoms with Gasteiger partial charge in [-0.25, -0.2) is 22.9 Å². The van der Waals surface area contributed by atoms with Crippen LogP contribution in [-0.4, -0.2) is 72.3 Å². The van der Waals surface area contributed by atoms with E-state index < -0.39 is 35.3 Å². The topological polar surface area (TPSA) is 155 Å². The third-order valence-corrected chi connectivity index (χ3v) is 8.60. The minimum Gasteiger partial charge on any atom is -0.481 e. The Morgan fingerprint density at radius 2 is 1.73 bits per heavy atom. The number of fused-ring (bicyclic) bond motifs is 1. The molecule has 15 heteroatoms. The number of amides is 2. The van der Waals surface area contributed by atoms with Gasteiger partial charge in [-0.2, -0.15) is 0 Å². The number of nitrogens with one attached hydrogen (secondary N) is 4. The SMILES string of the molecule is CCNC(=O)Nc1ccc(-c2sc3c(c2CN(C)CCOCC)c(=O)n(C(=N)/C=C\C(=N)OC)c(=O)n3Cc2c(F)cccc2F)cc1. The maximum atomic E-state index is 14.9. The summed E-state index contributed by atoms with van der Waals surface area (Å²) in [5.41, 5.74) is -0.459. The average Bonchev–Trinajstić information content (AvgIpc) is 3.42. The molecule has 4 rings (SSSR count). The summed E-state index contributed by atoms with van der Waals surface area (Å²) in [4.78, 5) is 43.0. The van der Waals surface area contributed by atoms with Crippen molar-refractivity contribution in [1.82, 2.24) is 19.4 Å². The van der Waals surface area contributed by atoms with Crippen molar-refractivity contribution in [3.63, 3.8) is 0 Å². The minimum atomic E-state index is -0.987. The van der Waals surface area contributed by atoms with Crippen molar-refractivity contribution in [3.8, 4) is 10.4 Å². The van der Waals surface area contributed by atoms with Gasteiger partial charge in [-0.15, -0.1) is 11.3 Å². The molecule has 254 valence electrons. The molecule has 0 atom stereocenters. The van der Waals surface area contributed by atoms with Gasteiger partial charge in [-0.1, -0.05) is 18.2 Å². The monoisotopic (exact) mass is 681 g/mol. The molecule has 2 heterocycles. The maximum absolute atomic E-state index is 14.9. The molecule has 0 spiro atoms. The maximum Gasteiger partial charge on any atom is 0.338 e. The van der Waals surface area contributed by atoms with E-state index in [1.54, 1.807) is 31.2 Å². The highest BCUT2D eigenvalue weighted by atomic mass is 32.1. The summed E-state index contributed by atoms with van der Waals surface area (Å²) < 4.78 is 41.9. The van der Waals surface area contributed by atoms with E-state index in [1.165, 1.54) is 13.2 Å². The Balaban J connectivity index is 2.01. The van der Waals surface area contributed by atoms with Crippen LogP contribution in [0.2, 0.25) is 0 Å². The van der Waals surface area contributed by atoms with Crippen LogP contribution < -0.4 is 21.9 Å². The summed E-state index contributed by atoms with van der Waals surface area (Å²) in [5.74, 6) is -2.64. The lowest BCUT2D eigenvalue weighted by atomic mass is 10.1. The number of ether oxygens (including phenoxy) is 2. The van der Waals surface area contributed by atoms with Gasteiger partial charge >= 0.3 is 11.7 Å². The van der Waals surface area contributed by atoms with Gasteiger partial charge in [0.05, 0.1) is 25.6 Å². The largest absolute Gasteiger partial charge is 0.481 e. The van der Waals surface area contributed by atoms with E-state index in [4.69, 9.17) is 20.3 Å². The minimum absolute atomic E-state index is 0.0964. The molecule has 0 aliphatic heterocycles. The van der Waals surface area contributed by atoms with Crippen LogP contribution in [0.3, 0.4) is 0 Å². The first kappa shape index (κ1) is 35.9. The number of rotatable bonds is 13. The number of benzene rings is 2. The number of methoxy groups -OCH3 is 1. The van der Waals surface area contributed by atoms with Crippen molar-refractivity contribution in [3.05, 3.63) is 98.2 Å². The molecule has 4 aromatic rings. The van der Waals surface area contributed by atoms with Crippen molar-refractivity contribution in [2.24, 2.45) is 0 Å². The van der Waals surface area contributed by atoms with Gasteiger partial charge in [0, 0.05) is 48.4 Å².